The summed E-state index contributed by atoms with van der Waals surface area (Å²) < 4.78 is 7.83. The molecule has 0 spiro atoms. The van der Waals surface area contributed by atoms with Gasteiger partial charge in [0, 0.05) is 10.9 Å². The molecule has 4 aromatic rings. The number of aromatic nitrogens is 3. The molecular formula is C20H17N3O3S. The Balaban J connectivity index is 1.93. The van der Waals surface area contributed by atoms with Gasteiger partial charge in [-0.05, 0) is 67.0 Å². The van der Waals surface area contributed by atoms with Crippen molar-refractivity contribution in [2.45, 2.75) is 6.92 Å². The molecule has 0 fully saturated rings. The summed E-state index contributed by atoms with van der Waals surface area (Å²) in [5.41, 5.74) is 1.48. The van der Waals surface area contributed by atoms with Crippen LogP contribution in [0.3, 0.4) is 0 Å². The quantitative estimate of drug-likeness (QED) is 0.358. The smallest absolute Gasteiger partial charge is 0.200 e. The summed E-state index contributed by atoms with van der Waals surface area (Å²) in [6.07, 6.45) is 0. The molecule has 0 unspecified atom stereocenters. The van der Waals surface area contributed by atoms with Crippen molar-refractivity contribution < 1.29 is 14.9 Å². The van der Waals surface area contributed by atoms with Gasteiger partial charge in [0.2, 0.25) is 0 Å². The number of rotatable bonds is 4. The second-order valence-corrected chi connectivity index (χ2v) is 6.37. The molecule has 0 aliphatic carbocycles. The highest BCUT2D eigenvalue weighted by Crippen LogP contribution is 2.33. The molecule has 0 saturated heterocycles. The third-order valence-electron chi connectivity index (χ3n) is 4.29. The summed E-state index contributed by atoms with van der Waals surface area (Å²) in [7, 11) is 0. The number of nitrogens with one attached hydrogen (secondary N) is 1. The molecule has 7 heteroatoms. The molecule has 4 rings (SSSR count). The molecule has 0 radical (unpaired) electrons. The zero-order chi connectivity index (χ0) is 19.0. The van der Waals surface area contributed by atoms with Crippen LogP contribution in [0, 0.1) is 4.77 Å². The van der Waals surface area contributed by atoms with Crippen LogP contribution in [-0.2, 0) is 0 Å². The Hall–Kier alpha value is -3.32. The van der Waals surface area contributed by atoms with E-state index in [9.17, 15) is 10.2 Å². The molecule has 3 N–H and O–H groups in total. The highest BCUT2D eigenvalue weighted by molar-refractivity contribution is 7.71. The third-order valence-corrected chi connectivity index (χ3v) is 4.56. The van der Waals surface area contributed by atoms with Crippen LogP contribution in [0.2, 0.25) is 0 Å². The largest absolute Gasteiger partial charge is 0.504 e. The highest BCUT2D eigenvalue weighted by Gasteiger charge is 2.15. The number of hydrogen-bond donors (Lipinski definition) is 3. The van der Waals surface area contributed by atoms with Gasteiger partial charge in [0.05, 0.1) is 12.3 Å². The maximum absolute atomic E-state index is 9.85. The van der Waals surface area contributed by atoms with E-state index in [1.165, 1.54) is 12.1 Å². The Morgan fingerprint density at radius 3 is 2.70 bits per heavy atom. The second-order valence-electron chi connectivity index (χ2n) is 5.98. The van der Waals surface area contributed by atoms with Gasteiger partial charge >= 0.3 is 0 Å². The third kappa shape index (κ3) is 3.02. The zero-order valence-electron chi connectivity index (χ0n) is 14.5. The van der Waals surface area contributed by atoms with Gasteiger partial charge in [-0.1, -0.05) is 12.1 Å². The van der Waals surface area contributed by atoms with E-state index < -0.39 is 0 Å². The molecule has 27 heavy (non-hydrogen) atoms. The van der Waals surface area contributed by atoms with Crippen LogP contribution >= 0.6 is 12.2 Å². The van der Waals surface area contributed by atoms with E-state index in [4.69, 9.17) is 17.0 Å². The van der Waals surface area contributed by atoms with Gasteiger partial charge < -0.3 is 14.9 Å². The first kappa shape index (κ1) is 17.1. The van der Waals surface area contributed by atoms with Crippen molar-refractivity contribution in [2.24, 2.45) is 0 Å². The minimum Gasteiger partial charge on any atom is -0.504 e. The van der Waals surface area contributed by atoms with Crippen LogP contribution in [0.1, 0.15) is 6.92 Å². The number of benzene rings is 3. The van der Waals surface area contributed by atoms with E-state index >= 15 is 0 Å². The number of fused-ring (bicyclic) bond motifs is 1. The Bertz CT molecular complexity index is 1200. The maximum atomic E-state index is 9.85. The number of nitrogens with zero attached hydrogens (tertiary/aromatic N) is 2. The normalized spacial score (nSPS) is 11.0. The number of phenolic OH excluding ortho intramolecular Hbond substituents is 2. The van der Waals surface area contributed by atoms with Crippen LogP contribution in [0.25, 0.3) is 27.8 Å². The molecule has 0 bridgehead atoms. The second kappa shape index (κ2) is 6.77. The molecule has 1 heterocycles. The van der Waals surface area contributed by atoms with Gasteiger partial charge in [0.25, 0.3) is 0 Å². The van der Waals surface area contributed by atoms with Crippen LogP contribution in [0.5, 0.6) is 17.2 Å². The first-order valence-electron chi connectivity index (χ1n) is 8.44. The lowest BCUT2D eigenvalue weighted by Gasteiger charge is -2.12. The van der Waals surface area contributed by atoms with Gasteiger partial charge in [-0.2, -0.15) is 5.10 Å². The number of aromatic hydroxyl groups is 2. The number of hydrogen-bond acceptors (Lipinski definition) is 5. The van der Waals surface area contributed by atoms with Gasteiger partial charge in [-0.25, -0.2) is 0 Å². The topological polar surface area (TPSA) is 83.3 Å². The molecule has 1 aromatic heterocycles. The van der Waals surface area contributed by atoms with Crippen molar-refractivity contribution in [2.75, 3.05) is 6.61 Å². The van der Waals surface area contributed by atoms with Crippen molar-refractivity contribution in [3.8, 4) is 34.3 Å². The highest BCUT2D eigenvalue weighted by atomic mass is 32.1. The van der Waals surface area contributed by atoms with Crippen molar-refractivity contribution in [3.05, 3.63) is 59.4 Å². The molecule has 0 saturated carbocycles. The maximum Gasteiger partial charge on any atom is 0.200 e. The molecule has 0 atom stereocenters. The Labute approximate surface area is 160 Å². The van der Waals surface area contributed by atoms with Gasteiger partial charge in [-0.3, -0.25) is 9.67 Å². The Kier molecular flexibility index (Phi) is 4.29. The molecular weight excluding hydrogens is 362 g/mol. The predicted molar refractivity (Wildman–Crippen MR) is 106 cm³/mol. The fourth-order valence-corrected chi connectivity index (χ4v) is 3.30. The Morgan fingerprint density at radius 1 is 1.07 bits per heavy atom. The SMILES string of the molecule is CCOc1ccc2c(-n3c(-c4ccc(O)c(O)c4)n[nH]c3=S)cccc2c1. The van der Waals surface area contributed by atoms with Gasteiger partial charge in [0.1, 0.15) is 5.75 Å². The number of H-pyrrole nitrogens is 1. The van der Waals surface area contributed by atoms with Gasteiger partial charge in [-0.15, -0.1) is 0 Å². The lowest BCUT2D eigenvalue weighted by Crippen LogP contribution is -1.99. The average molecular weight is 379 g/mol. The standard InChI is InChI=1S/C20H17N3O3S/c1-2-26-14-7-8-15-12(10-14)4-3-5-16(15)23-19(21-22-20(23)27)13-6-9-17(24)18(25)11-13/h3-11,24-25H,2H2,1H3,(H,22,27). The minimum absolute atomic E-state index is 0.187. The average Bonchev–Trinajstić information content (AvgIpc) is 3.05. The van der Waals surface area contributed by atoms with Crippen LogP contribution in [0.15, 0.2) is 54.6 Å². The fraction of sp³-hybridized carbons (Fsp3) is 0.100. The van der Waals surface area contributed by atoms with Crippen molar-refractivity contribution in [1.29, 1.82) is 0 Å². The van der Waals surface area contributed by atoms with Gasteiger partial charge in [0.15, 0.2) is 22.1 Å². The predicted octanol–water partition coefficient (Wildman–Crippen LogP) is 4.56. The molecule has 0 amide bonds. The molecule has 136 valence electrons. The summed E-state index contributed by atoms with van der Waals surface area (Å²) in [4.78, 5) is 0. The fourth-order valence-electron chi connectivity index (χ4n) is 3.07. The number of phenols is 2. The molecule has 0 aliphatic heterocycles. The molecule has 6 nitrogen and oxygen atoms in total. The van der Waals surface area contributed by atoms with Crippen LogP contribution in [0.4, 0.5) is 0 Å². The summed E-state index contributed by atoms with van der Waals surface area (Å²) in [6.45, 7) is 2.55. The Morgan fingerprint density at radius 2 is 1.93 bits per heavy atom. The van der Waals surface area contributed by atoms with Crippen molar-refractivity contribution >= 4 is 23.0 Å². The van der Waals surface area contributed by atoms with Crippen molar-refractivity contribution in [1.82, 2.24) is 14.8 Å². The zero-order valence-corrected chi connectivity index (χ0v) is 15.3. The van der Waals surface area contributed by atoms with E-state index in [-0.39, 0.29) is 11.5 Å². The van der Waals surface area contributed by atoms with E-state index in [1.54, 1.807) is 6.07 Å². The molecule has 3 aromatic carbocycles. The summed E-state index contributed by atoms with van der Waals surface area (Å²) in [5, 5.41) is 28.6. The monoisotopic (exact) mass is 379 g/mol. The first-order valence-corrected chi connectivity index (χ1v) is 8.85. The van der Waals surface area contributed by atoms with Crippen LogP contribution < -0.4 is 4.74 Å². The first-order chi connectivity index (χ1) is 13.1. The van der Waals surface area contributed by atoms with E-state index in [2.05, 4.69) is 10.2 Å². The van der Waals surface area contributed by atoms with Crippen LogP contribution in [-0.4, -0.2) is 31.6 Å². The number of aromatic amines is 1. The summed E-state index contributed by atoms with van der Waals surface area (Å²) in [6, 6.07) is 16.4. The van der Waals surface area contributed by atoms with E-state index in [1.807, 2.05) is 47.9 Å². The van der Waals surface area contributed by atoms with Crippen molar-refractivity contribution in [3.63, 3.8) is 0 Å². The summed E-state index contributed by atoms with van der Waals surface area (Å²) >= 11 is 5.45. The number of ether oxygens (including phenoxy) is 1. The van der Waals surface area contributed by atoms with E-state index in [0.29, 0.717) is 22.8 Å². The lowest BCUT2D eigenvalue weighted by molar-refractivity contribution is 0.341. The minimum atomic E-state index is -0.216. The summed E-state index contributed by atoms with van der Waals surface area (Å²) in [5.74, 6) is 0.943. The van der Waals surface area contributed by atoms with E-state index in [0.717, 1.165) is 22.2 Å². The lowest BCUT2D eigenvalue weighted by atomic mass is 10.1. The molecule has 0 aliphatic rings.